The van der Waals surface area contributed by atoms with Crippen LogP contribution in [0.15, 0.2) is 48.7 Å². The molecule has 1 N–H and O–H groups in total. The number of hydroxylamine groups is 2. The molecule has 1 atom stereocenters. The van der Waals surface area contributed by atoms with Crippen molar-refractivity contribution < 1.29 is 38.6 Å². The Morgan fingerprint density at radius 1 is 1.08 bits per heavy atom. The number of esters is 1. The molecule has 1 unspecified atom stereocenters. The van der Waals surface area contributed by atoms with Crippen molar-refractivity contribution in [2.45, 2.75) is 39.0 Å². The Hall–Kier alpha value is -4.45. The summed E-state index contributed by atoms with van der Waals surface area (Å²) >= 11 is 0. The number of carboxylic acid groups (broad SMARTS) is 1. The Kier molecular flexibility index (Phi) is 6.73. The van der Waals surface area contributed by atoms with Crippen molar-refractivity contribution >= 4 is 34.8 Å². The molecule has 0 bridgehead atoms. The summed E-state index contributed by atoms with van der Waals surface area (Å²) in [5, 5.41) is 14.9. The molecule has 1 fully saturated rings. The SMILES string of the molecule is CC(C)(C)OC(=O)C(COc1ccc2nn(CC3CN(C(=O)O)C3)cc2c1)ON1C(=O)c2ccccc2C1=O. The Bertz CT molecular complexity index is 1420. The molecule has 2 aliphatic heterocycles. The quantitative estimate of drug-likeness (QED) is 0.340. The lowest BCUT2D eigenvalue weighted by molar-refractivity contribution is -0.193. The zero-order chi connectivity index (χ0) is 27.9. The molecule has 2 aromatic carbocycles. The number of imide groups is 1. The van der Waals surface area contributed by atoms with Gasteiger partial charge in [0.05, 0.1) is 16.6 Å². The molecule has 5 rings (SSSR count). The Morgan fingerprint density at radius 3 is 2.36 bits per heavy atom. The van der Waals surface area contributed by atoms with Crippen LogP contribution in [0, 0.1) is 5.92 Å². The molecule has 0 saturated carbocycles. The largest absolute Gasteiger partial charge is 0.490 e. The maximum Gasteiger partial charge on any atom is 0.407 e. The number of benzene rings is 2. The van der Waals surface area contributed by atoms with Gasteiger partial charge in [0.15, 0.2) is 0 Å². The number of fused-ring (bicyclic) bond motifs is 2. The average Bonchev–Trinajstić information content (AvgIpc) is 3.35. The van der Waals surface area contributed by atoms with Gasteiger partial charge in [-0.15, -0.1) is 5.06 Å². The first kappa shape index (κ1) is 26.2. The van der Waals surface area contributed by atoms with Gasteiger partial charge in [0, 0.05) is 37.1 Å². The summed E-state index contributed by atoms with van der Waals surface area (Å²) in [7, 11) is 0. The van der Waals surface area contributed by atoms with Crippen molar-refractivity contribution in [2.24, 2.45) is 5.92 Å². The highest BCUT2D eigenvalue weighted by molar-refractivity contribution is 6.20. The maximum atomic E-state index is 12.9. The van der Waals surface area contributed by atoms with E-state index < -0.39 is 35.6 Å². The maximum absolute atomic E-state index is 12.9. The first-order valence-electron chi connectivity index (χ1n) is 12.4. The average molecular weight is 537 g/mol. The van der Waals surface area contributed by atoms with Gasteiger partial charge in [-0.25, -0.2) is 14.4 Å². The predicted octanol–water partition coefficient (Wildman–Crippen LogP) is 2.96. The Morgan fingerprint density at radius 2 is 1.74 bits per heavy atom. The minimum absolute atomic E-state index is 0.186. The van der Waals surface area contributed by atoms with Gasteiger partial charge in [0.2, 0.25) is 6.10 Å². The van der Waals surface area contributed by atoms with Crippen molar-refractivity contribution in [3.8, 4) is 5.75 Å². The number of carbonyl (C=O) groups excluding carboxylic acids is 3. The first-order valence-corrected chi connectivity index (χ1v) is 12.4. The number of hydrogen-bond donors (Lipinski definition) is 1. The molecule has 204 valence electrons. The van der Waals surface area contributed by atoms with E-state index in [-0.39, 0.29) is 23.7 Å². The van der Waals surface area contributed by atoms with Gasteiger partial charge in [-0.1, -0.05) is 12.1 Å². The summed E-state index contributed by atoms with van der Waals surface area (Å²) in [4.78, 5) is 56.4. The highest BCUT2D eigenvalue weighted by Gasteiger charge is 2.40. The molecule has 0 aliphatic carbocycles. The van der Waals surface area contributed by atoms with Crippen LogP contribution in [0.3, 0.4) is 0 Å². The molecule has 0 spiro atoms. The number of carbonyl (C=O) groups is 4. The molecule has 3 amide bonds. The lowest BCUT2D eigenvalue weighted by atomic mass is 10.0. The van der Waals surface area contributed by atoms with E-state index in [0.717, 1.165) is 10.9 Å². The molecular weight excluding hydrogens is 508 g/mol. The van der Waals surface area contributed by atoms with Crippen LogP contribution < -0.4 is 4.74 Å². The first-order chi connectivity index (χ1) is 18.5. The number of likely N-dealkylation sites (tertiary alicyclic amines) is 1. The Balaban J connectivity index is 1.27. The van der Waals surface area contributed by atoms with E-state index in [4.69, 9.17) is 19.4 Å². The van der Waals surface area contributed by atoms with E-state index in [0.29, 0.717) is 30.4 Å². The van der Waals surface area contributed by atoms with Gasteiger partial charge < -0.3 is 19.5 Å². The summed E-state index contributed by atoms with van der Waals surface area (Å²) in [5.74, 6) is -1.52. The van der Waals surface area contributed by atoms with Crippen molar-refractivity contribution in [1.82, 2.24) is 19.7 Å². The topological polar surface area (TPSA) is 140 Å². The van der Waals surface area contributed by atoms with Gasteiger partial charge in [-0.3, -0.25) is 14.3 Å². The standard InChI is InChI=1S/C27H28N4O8/c1-27(2,3)38-25(34)22(39-31-23(32)19-6-4-5-7-20(19)24(31)33)15-37-18-8-9-21-17(10-18)14-30(28-21)13-16-11-29(12-16)26(35)36/h4-10,14,16,22H,11-13,15H2,1-3H3,(H,35,36). The van der Waals surface area contributed by atoms with Crippen molar-refractivity contribution in [3.05, 3.63) is 59.8 Å². The van der Waals surface area contributed by atoms with Gasteiger partial charge in [0.1, 0.15) is 18.0 Å². The van der Waals surface area contributed by atoms with Crippen molar-refractivity contribution in [1.29, 1.82) is 0 Å². The number of hydrogen-bond acceptors (Lipinski definition) is 8. The second kappa shape index (κ2) is 10.0. The van der Waals surface area contributed by atoms with E-state index in [1.54, 1.807) is 55.8 Å². The molecule has 2 aliphatic rings. The summed E-state index contributed by atoms with van der Waals surface area (Å²) in [6.45, 7) is 6.29. The normalized spacial score (nSPS) is 16.3. The number of ether oxygens (including phenoxy) is 2. The third-order valence-corrected chi connectivity index (χ3v) is 6.26. The summed E-state index contributed by atoms with van der Waals surface area (Å²) in [5.41, 5.74) is 0.261. The molecular formula is C27H28N4O8. The van der Waals surface area contributed by atoms with Crippen LogP contribution in [0.25, 0.3) is 10.9 Å². The minimum Gasteiger partial charge on any atom is -0.490 e. The second-order valence-corrected chi connectivity index (χ2v) is 10.5. The minimum atomic E-state index is -1.40. The van der Waals surface area contributed by atoms with Crippen LogP contribution in [0.5, 0.6) is 5.75 Å². The molecule has 3 aromatic rings. The zero-order valence-electron chi connectivity index (χ0n) is 21.7. The Labute approximate surface area is 223 Å². The fraction of sp³-hybridized carbons (Fsp3) is 0.370. The fourth-order valence-corrected chi connectivity index (χ4v) is 4.42. The van der Waals surface area contributed by atoms with Crippen LogP contribution in [-0.2, 0) is 20.9 Å². The van der Waals surface area contributed by atoms with Crippen LogP contribution in [0.2, 0.25) is 0 Å². The predicted molar refractivity (Wildman–Crippen MR) is 136 cm³/mol. The number of amides is 3. The molecule has 1 saturated heterocycles. The summed E-state index contributed by atoms with van der Waals surface area (Å²) in [6, 6.07) is 11.5. The van der Waals surface area contributed by atoms with Gasteiger partial charge in [-0.2, -0.15) is 5.10 Å². The molecule has 0 radical (unpaired) electrons. The number of rotatable bonds is 8. The van der Waals surface area contributed by atoms with E-state index in [1.165, 1.54) is 17.0 Å². The molecule has 12 nitrogen and oxygen atoms in total. The lowest BCUT2D eigenvalue weighted by Gasteiger charge is -2.36. The highest BCUT2D eigenvalue weighted by Crippen LogP contribution is 2.26. The van der Waals surface area contributed by atoms with Gasteiger partial charge >= 0.3 is 12.1 Å². The third-order valence-electron chi connectivity index (χ3n) is 6.26. The monoisotopic (exact) mass is 536 g/mol. The van der Waals surface area contributed by atoms with Crippen LogP contribution in [0.1, 0.15) is 41.5 Å². The van der Waals surface area contributed by atoms with Gasteiger partial charge in [0.25, 0.3) is 11.8 Å². The van der Waals surface area contributed by atoms with Gasteiger partial charge in [-0.05, 0) is 51.1 Å². The molecule has 3 heterocycles. The summed E-state index contributed by atoms with van der Waals surface area (Å²) in [6.07, 6.45) is -0.484. The zero-order valence-corrected chi connectivity index (χ0v) is 21.7. The highest BCUT2D eigenvalue weighted by atomic mass is 16.7. The number of aromatic nitrogens is 2. The van der Waals surface area contributed by atoms with E-state index in [9.17, 15) is 19.2 Å². The van der Waals surface area contributed by atoms with E-state index in [2.05, 4.69) is 5.10 Å². The molecule has 1 aromatic heterocycles. The van der Waals surface area contributed by atoms with E-state index in [1.807, 2.05) is 6.20 Å². The second-order valence-electron chi connectivity index (χ2n) is 10.5. The smallest absolute Gasteiger partial charge is 0.407 e. The van der Waals surface area contributed by atoms with Crippen LogP contribution in [0.4, 0.5) is 4.79 Å². The molecule has 39 heavy (non-hydrogen) atoms. The molecule has 12 heteroatoms. The van der Waals surface area contributed by atoms with Crippen LogP contribution in [-0.4, -0.2) is 80.1 Å². The fourth-order valence-electron chi connectivity index (χ4n) is 4.42. The lowest BCUT2D eigenvalue weighted by Crippen LogP contribution is -2.50. The number of nitrogens with zero attached hydrogens (tertiary/aromatic N) is 4. The summed E-state index contributed by atoms with van der Waals surface area (Å²) < 4.78 is 13.1. The van der Waals surface area contributed by atoms with Crippen molar-refractivity contribution in [2.75, 3.05) is 19.7 Å². The van der Waals surface area contributed by atoms with Crippen molar-refractivity contribution in [3.63, 3.8) is 0 Å². The third kappa shape index (κ3) is 5.55. The van der Waals surface area contributed by atoms with Crippen LogP contribution >= 0.6 is 0 Å². The van der Waals surface area contributed by atoms with E-state index >= 15 is 0 Å².